The van der Waals surface area contributed by atoms with Crippen LogP contribution in [0.3, 0.4) is 0 Å². The number of hydrogen-bond donors (Lipinski definition) is 1. The minimum absolute atomic E-state index is 0.614. The van der Waals surface area contributed by atoms with E-state index >= 15 is 0 Å². The molecule has 0 aliphatic rings. The van der Waals surface area contributed by atoms with Crippen molar-refractivity contribution >= 4 is 28.4 Å². The molecule has 12 heavy (non-hydrogen) atoms. The van der Waals surface area contributed by atoms with Crippen LogP contribution in [0.25, 0.3) is 0 Å². The Kier molecular flexibility index (Phi) is 3.37. The zero-order chi connectivity index (χ0) is 9.14. The number of halogens is 1. The summed E-state index contributed by atoms with van der Waals surface area (Å²) in [6, 6.07) is 1.89. The van der Waals surface area contributed by atoms with Crippen molar-refractivity contribution in [1.82, 2.24) is 9.78 Å². The van der Waals surface area contributed by atoms with E-state index in [1.807, 2.05) is 10.7 Å². The largest absolute Gasteiger partial charge is 0.382 e. The zero-order valence-electron chi connectivity index (χ0n) is 7.42. The van der Waals surface area contributed by atoms with Crippen molar-refractivity contribution < 1.29 is 0 Å². The number of hydrogen-bond acceptors (Lipinski definition) is 2. The minimum atomic E-state index is 0.614. The van der Waals surface area contributed by atoms with E-state index in [0.29, 0.717) is 11.7 Å². The number of aromatic nitrogens is 2. The molecular formula is C8H14IN3. The average molecular weight is 279 g/mol. The molecule has 1 aromatic heterocycles. The zero-order valence-corrected chi connectivity index (χ0v) is 9.58. The summed E-state index contributed by atoms with van der Waals surface area (Å²) in [4.78, 5) is 0. The highest BCUT2D eigenvalue weighted by Gasteiger charge is 2.02. The molecule has 68 valence electrons. The lowest BCUT2D eigenvalue weighted by Gasteiger charge is -2.05. The first kappa shape index (κ1) is 9.83. The fourth-order valence-corrected chi connectivity index (χ4v) is 1.62. The third-order valence-corrected chi connectivity index (χ3v) is 2.54. The molecule has 1 rings (SSSR count). The van der Waals surface area contributed by atoms with E-state index in [1.54, 1.807) is 0 Å². The van der Waals surface area contributed by atoms with Gasteiger partial charge < -0.3 is 5.73 Å². The number of rotatable bonds is 3. The summed E-state index contributed by atoms with van der Waals surface area (Å²) in [5, 5.41) is 4.17. The molecule has 2 N–H and O–H groups in total. The molecule has 0 bridgehead atoms. The SMILES string of the molecule is CC(C)CCn1nc(N)cc1I. The Morgan fingerprint density at radius 1 is 1.67 bits per heavy atom. The van der Waals surface area contributed by atoms with Gasteiger partial charge in [-0.15, -0.1) is 0 Å². The number of aryl methyl sites for hydroxylation is 1. The third kappa shape index (κ3) is 2.66. The highest BCUT2D eigenvalue weighted by Crippen LogP contribution is 2.11. The van der Waals surface area contributed by atoms with Crippen molar-refractivity contribution in [3.05, 3.63) is 9.77 Å². The first-order chi connectivity index (χ1) is 5.59. The average Bonchev–Trinajstić information content (AvgIpc) is 2.26. The van der Waals surface area contributed by atoms with Gasteiger partial charge in [0.2, 0.25) is 0 Å². The van der Waals surface area contributed by atoms with Gasteiger partial charge in [0.15, 0.2) is 0 Å². The molecule has 1 heterocycles. The second kappa shape index (κ2) is 4.11. The van der Waals surface area contributed by atoms with E-state index in [-0.39, 0.29) is 0 Å². The standard InChI is InChI=1S/C8H14IN3/c1-6(2)3-4-12-7(9)5-8(10)11-12/h5-6H,3-4H2,1-2H3,(H2,10,11). The van der Waals surface area contributed by atoms with Gasteiger partial charge in [-0.1, -0.05) is 13.8 Å². The van der Waals surface area contributed by atoms with E-state index in [9.17, 15) is 0 Å². The van der Waals surface area contributed by atoms with Gasteiger partial charge in [0, 0.05) is 12.6 Å². The van der Waals surface area contributed by atoms with Crippen LogP contribution in [0, 0.1) is 9.62 Å². The topological polar surface area (TPSA) is 43.8 Å². The first-order valence-corrected chi connectivity index (χ1v) is 5.16. The third-order valence-electron chi connectivity index (χ3n) is 1.67. The van der Waals surface area contributed by atoms with Crippen LogP contribution in [0.4, 0.5) is 5.82 Å². The number of anilines is 1. The molecule has 0 aromatic carbocycles. The maximum absolute atomic E-state index is 5.55. The van der Waals surface area contributed by atoms with Gasteiger partial charge in [-0.3, -0.25) is 4.68 Å². The molecule has 0 amide bonds. The number of nitrogen functional groups attached to an aromatic ring is 1. The normalized spacial score (nSPS) is 11.0. The van der Waals surface area contributed by atoms with E-state index in [4.69, 9.17) is 5.73 Å². The van der Waals surface area contributed by atoms with Crippen molar-refractivity contribution in [3.63, 3.8) is 0 Å². The molecule has 1 aromatic rings. The second-order valence-electron chi connectivity index (χ2n) is 3.30. The van der Waals surface area contributed by atoms with Gasteiger partial charge in [0.1, 0.15) is 9.52 Å². The van der Waals surface area contributed by atoms with Gasteiger partial charge >= 0.3 is 0 Å². The van der Waals surface area contributed by atoms with Crippen LogP contribution in [0.5, 0.6) is 0 Å². The summed E-state index contributed by atoms with van der Waals surface area (Å²) in [5.74, 6) is 1.33. The first-order valence-electron chi connectivity index (χ1n) is 4.08. The lowest BCUT2D eigenvalue weighted by Crippen LogP contribution is -2.05. The quantitative estimate of drug-likeness (QED) is 0.861. The van der Waals surface area contributed by atoms with Crippen LogP contribution in [0.1, 0.15) is 20.3 Å². The summed E-state index contributed by atoms with van der Waals surface area (Å²) in [6.45, 7) is 5.38. The molecule has 0 unspecified atom stereocenters. The Morgan fingerprint density at radius 3 is 2.75 bits per heavy atom. The Balaban J connectivity index is 2.57. The van der Waals surface area contributed by atoms with Gasteiger partial charge in [0.05, 0.1) is 0 Å². The van der Waals surface area contributed by atoms with Crippen LogP contribution >= 0.6 is 22.6 Å². The predicted molar refractivity (Wildman–Crippen MR) is 58.8 cm³/mol. The predicted octanol–water partition coefficient (Wildman–Crippen LogP) is 2.12. The molecular weight excluding hydrogens is 265 g/mol. The maximum atomic E-state index is 5.55. The van der Waals surface area contributed by atoms with Crippen LogP contribution in [-0.4, -0.2) is 9.78 Å². The van der Waals surface area contributed by atoms with Crippen molar-refractivity contribution in [3.8, 4) is 0 Å². The summed E-state index contributed by atoms with van der Waals surface area (Å²) in [7, 11) is 0. The van der Waals surface area contributed by atoms with Crippen LogP contribution in [0.2, 0.25) is 0 Å². The summed E-state index contributed by atoms with van der Waals surface area (Å²) < 4.78 is 3.07. The summed E-state index contributed by atoms with van der Waals surface area (Å²) in [5.41, 5.74) is 5.55. The molecule has 4 heteroatoms. The number of nitrogens with two attached hydrogens (primary N) is 1. The molecule has 0 saturated carbocycles. The highest BCUT2D eigenvalue weighted by atomic mass is 127. The van der Waals surface area contributed by atoms with Crippen LogP contribution in [0.15, 0.2) is 6.07 Å². The lowest BCUT2D eigenvalue weighted by atomic mass is 10.1. The van der Waals surface area contributed by atoms with Crippen LogP contribution in [-0.2, 0) is 6.54 Å². The van der Waals surface area contributed by atoms with Crippen LogP contribution < -0.4 is 5.73 Å². The van der Waals surface area contributed by atoms with E-state index in [2.05, 4.69) is 41.5 Å². The van der Waals surface area contributed by atoms with E-state index in [1.165, 1.54) is 0 Å². The molecule has 0 aliphatic heterocycles. The number of nitrogens with zero attached hydrogens (tertiary/aromatic N) is 2. The fourth-order valence-electron chi connectivity index (χ4n) is 0.950. The lowest BCUT2D eigenvalue weighted by molar-refractivity contribution is 0.482. The van der Waals surface area contributed by atoms with Crippen molar-refractivity contribution in [2.75, 3.05) is 5.73 Å². The molecule has 0 spiro atoms. The maximum Gasteiger partial charge on any atom is 0.146 e. The van der Waals surface area contributed by atoms with E-state index < -0.39 is 0 Å². The Morgan fingerprint density at radius 2 is 2.33 bits per heavy atom. The molecule has 0 atom stereocenters. The Hall–Kier alpha value is -0.260. The molecule has 0 aliphatic carbocycles. The summed E-state index contributed by atoms with van der Waals surface area (Å²) in [6.07, 6.45) is 1.15. The molecule has 0 fully saturated rings. The Bertz CT molecular complexity index is 255. The van der Waals surface area contributed by atoms with E-state index in [0.717, 1.165) is 16.7 Å². The van der Waals surface area contributed by atoms with Gasteiger partial charge in [-0.2, -0.15) is 5.10 Å². The molecule has 3 nitrogen and oxygen atoms in total. The van der Waals surface area contributed by atoms with Crippen molar-refractivity contribution in [1.29, 1.82) is 0 Å². The highest BCUT2D eigenvalue weighted by molar-refractivity contribution is 14.1. The molecule has 0 radical (unpaired) electrons. The Labute approximate surface area is 86.5 Å². The summed E-state index contributed by atoms with van der Waals surface area (Å²) >= 11 is 2.25. The van der Waals surface area contributed by atoms with Crippen molar-refractivity contribution in [2.45, 2.75) is 26.8 Å². The van der Waals surface area contributed by atoms with Gasteiger partial charge in [-0.05, 0) is 34.9 Å². The smallest absolute Gasteiger partial charge is 0.146 e. The molecule has 0 saturated heterocycles. The monoisotopic (exact) mass is 279 g/mol. The second-order valence-corrected chi connectivity index (χ2v) is 4.40. The fraction of sp³-hybridized carbons (Fsp3) is 0.625. The van der Waals surface area contributed by atoms with Gasteiger partial charge in [-0.25, -0.2) is 0 Å². The van der Waals surface area contributed by atoms with Gasteiger partial charge in [0.25, 0.3) is 0 Å². The van der Waals surface area contributed by atoms with Crippen molar-refractivity contribution in [2.24, 2.45) is 5.92 Å². The minimum Gasteiger partial charge on any atom is -0.382 e.